The van der Waals surface area contributed by atoms with Crippen LogP contribution in [0, 0.1) is 0 Å². The normalized spacial score (nSPS) is 12.8. The molecule has 1 N–H and O–H groups in total. The number of amides is 3. The Morgan fingerprint density at radius 3 is 2.39 bits per heavy atom. The number of nitrogens with zero attached hydrogens (tertiary/aromatic N) is 1. The summed E-state index contributed by atoms with van der Waals surface area (Å²) in [6, 6.07) is 17.3. The first-order chi connectivity index (χ1) is 13.6. The van der Waals surface area contributed by atoms with Gasteiger partial charge in [-0.15, -0.1) is 11.3 Å². The predicted octanol–water partition coefficient (Wildman–Crippen LogP) is 3.68. The molecule has 0 unspecified atom stereocenters. The summed E-state index contributed by atoms with van der Waals surface area (Å²) < 4.78 is 5.68. The zero-order valence-corrected chi connectivity index (χ0v) is 15.6. The van der Waals surface area contributed by atoms with Gasteiger partial charge in [0.25, 0.3) is 17.7 Å². The van der Waals surface area contributed by atoms with E-state index < -0.39 is 0 Å². The molecule has 4 rings (SSSR count). The van der Waals surface area contributed by atoms with Crippen molar-refractivity contribution in [2.24, 2.45) is 0 Å². The van der Waals surface area contributed by atoms with E-state index in [9.17, 15) is 14.4 Å². The monoisotopic (exact) mass is 392 g/mol. The van der Waals surface area contributed by atoms with Gasteiger partial charge in [-0.25, -0.2) is 0 Å². The largest absolute Gasteiger partial charge is 0.492 e. The average Bonchev–Trinajstić information content (AvgIpc) is 3.32. The number of anilines is 1. The van der Waals surface area contributed by atoms with E-state index in [0.717, 1.165) is 0 Å². The quantitative estimate of drug-likeness (QED) is 0.650. The molecular weight excluding hydrogens is 376 g/mol. The lowest BCUT2D eigenvalue weighted by molar-refractivity contribution is 0.0631. The van der Waals surface area contributed by atoms with Gasteiger partial charge in [0.1, 0.15) is 12.4 Å². The standard InChI is InChI=1S/C21H16N2O4S/c24-19(18-9-4-12-28-18)22-14-5-3-6-15(13-14)27-11-10-23-20(25)16-7-1-2-8-17(16)21(23)26/h1-9,12-13H,10-11H2,(H,22,24). The highest BCUT2D eigenvalue weighted by Crippen LogP contribution is 2.23. The maximum atomic E-state index is 12.3. The van der Waals surface area contributed by atoms with Gasteiger partial charge < -0.3 is 10.1 Å². The molecule has 0 spiro atoms. The van der Waals surface area contributed by atoms with Crippen molar-refractivity contribution in [1.82, 2.24) is 4.90 Å². The Labute approximate surface area is 165 Å². The fourth-order valence-corrected chi connectivity index (χ4v) is 3.58. The van der Waals surface area contributed by atoms with Crippen LogP contribution in [0.4, 0.5) is 5.69 Å². The smallest absolute Gasteiger partial charge is 0.265 e. The molecule has 3 aromatic rings. The van der Waals surface area contributed by atoms with E-state index in [1.807, 2.05) is 11.4 Å². The van der Waals surface area contributed by atoms with Crippen molar-refractivity contribution >= 4 is 34.7 Å². The predicted molar refractivity (Wildman–Crippen MR) is 106 cm³/mol. The Balaban J connectivity index is 1.35. The van der Waals surface area contributed by atoms with Gasteiger partial charge in [0, 0.05) is 11.8 Å². The third kappa shape index (κ3) is 3.52. The van der Waals surface area contributed by atoms with Crippen molar-refractivity contribution in [3.8, 4) is 5.75 Å². The van der Waals surface area contributed by atoms with Crippen LogP contribution in [0.25, 0.3) is 0 Å². The second-order valence-electron chi connectivity index (χ2n) is 6.12. The lowest BCUT2D eigenvalue weighted by Gasteiger charge is -2.15. The van der Waals surface area contributed by atoms with Crippen molar-refractivity contribution in [3.63, 3.8) is 0 Å². The van der Waals surface area contributed by atoms with Gasteiger partial charge >= 0.3 is 0 Å². The van der Waals surface area contributed by atoms with E-state index in [1.54, 1.807) is 54.6 Å². The highest BCUT2D eigenvalue weighted by molar-refractivity contribution is 7.12. The number of hydrogen-bond acceptors (Lipinski definition) is 5. The number of rotatable bonds is 6. The van der Waals surface area contributed by atoms with Gasteiger partial charge in [-0.3, -0.25) is 19.3 Å². The third-order valence-electron chi connectivity index (χ3n) is 4.30. The van der Waals surface area contributed by atoms with Crippen LogP contribution in [-0.2, 0) is 0 Å². The SMILES string of the molecule is O=C(Nc1cccc(OCCN2C(=O)c3ccccc3C2=O)c1)c1cccs1. The third-order valence-corrected chi connectivity index (χ3v) is 5.17. The maximum absolute atomic E-state index is 12.3. The summed E-state index contributed by atoms with van der Waals surface area (Å²) >= 11 is 1.37. The molecule has 2 heterocycles. The summed E-state index contributed by atoms with van der Waals surface area (Å²) in [5, 5.41) is 4.66. The first-order valence-electron chi connectivity index (χ1n) is 8.66. The van der Waals surface area contributed by atoms with Crippen molar-refractivity contribution in [1.29, 1.82) is 0 Å². The van der Waals surface area contributed by atoms with E-state index in [2.05, 4.69) is 5.32 Å². The van der Waals surface area contributed by atoms with Crippen molar-refractivity contribution in [3.05, 3.63) is 82.0 Å². The van der Waals surface area contributed by atoms with Crippen molar-refractivity contribution in [2.75, 3.05) is 18.5 Å². The summed E-state index contributed by atoms with van der Waals surface area (Å²) in [5.74, 6) is -0.249. The fraction of sp³-hybridized carbons (Fsp3) is 0.0952. The van der Waals surface area contributed by atoms with E-state index in [0.29, 0.717) is 27.4 Å². The molecule has 0 bridgehead atoms. The summed E-state index contributed by atoms with van der Waals surface area (Å²) in [7, 11) is 0. The topological polar surface area (TPSA) is 75.7 Å². The van der Waals surface area contributed by atoms with E-state index >= 15 is 0 Å². The minimum absolute atomic E-state index is 0.151. The first kappa shape index (κ1) is 17.9. The van der Waals surface area contributed by atoms with Crippen LogP contribution in [0.5, 0.6) is 5.75 Å². The number of ether oxygens (including phenoxy) is 1. The number of imide groups is 1. The Hall–Kier alpha value is -3.45. The number of carbonyl (C=O) groups is 3. The Kier molecular flexibility index (Phi) is 4.90. The molecule has 1 aliphatic heterocycles. The summed E-state index contributed by atoms with van der Waals surface area (Å²) in [6.45, 7) is 0.311. The number of thiophene rings is 1. The molecule has 0 saturated heterocycles. The van der Waals surface area contributed by atoms with Crippen LogP contribution in [0.2, 0.25) is 0 Å². The van der Waals surface area contributed by atoms with Crippen LogP contribution < -0.4 is 10.1 Å². The highest BCUT2D eigenvalue weighted by Gasteiger charge is 2.34. The molecule has 2 aromatic carbocycles. The Morgan fingerprint density at radius 2 is 1.71 bits per heavy atom. The molecule has 1 aromatic heterocycles. The molecule has 0 saturated carbocycles. The minimum atomic E-state index is -0.304. The summed E-state index contributed by atoms with van der Waals surface area (Å²) in [5.41, 5.74) is 1.45. The lowest BCUT2D eigenvalue weighted by Crippen LogP contribution is -2.33. The van der Waals surface area contributed by atoms with Crippen molar-refractivity contribution < 1.29 is 19.1 Å². The number of carbonyl (C=O) groups excluding carboxylic acids is 3. The van der Waals surface area contributed by atoms with Crippen LogP contribution in [0.15, 0.2) is 66.0 Å². The maximum Gasteiger partial charge on any atom is 0.265 e. The van der Waals surface area contributed by atoms with Gasteiger partial charge in [0.2, 0.25) is 0 Å². The second-order valence-corrected chi connectivity index (χ2v) is 7.06. The molecular formula is C21H16N2O4S. The molecule has 3 amide bonds. The van der Waals surface area contributed by atoms with Gasteiger partial charge in [-0.05, 0) is 35.7 Å². The average molecular weight is 392 g/mol. The van der Waals surface area contributed by atoms with E-state index in [-0.39, 0.29) is 30.9 Å². The number of fused-ring (bicyclic) bond motifs is 1. The molecule has 1 aliphatic rings. The zero-order chi connectivity index (χ0) is 19.5. The summed E-state index contributed by atoms with van der Waals surface area (Å²) in [6.07, 6.45) is 0. The molecule has 28 heavy (non-hydrogen) atoms. The lowest BCUT2D eigenvalue weighted by atomic mass is 10.1. The Bertz CT molecular complexity index is 1010. The van der Waals surface area contributed by atoms with Gasteiger partial charge in [0.15, 0.2) is 0 Å². The van der Waals surface area contributed by atoms with E-state index in [4.69, 9.17) is 4.74 Å². The van der Waals surface area contributed by atoms with Crippen LogP contribution in [0.1, 0.15) is 30.4 Å². The van der Waals surface area contributed by atoms with E-state index in [1.165, 1.54) is 16.2 Å². The van der Waals surface area contributed by atoms with Gasteiger partial charge in [-0.2, -0.15) is 0 Å². The first-order valence-corrected chi connectivity index (χ1v) is 9.54. The fourth-order valence-electron chi connectivity index (χ4n) is 2.96. The van der Waals surface area contributed by atoms with Crippen LogP contribution >= 0.6 is 11.3 Å². The zero-order valence-electron chi connectivity index (χ0n) is 14.8. The Morgan fingerprint density at radius 1 is 0.964 bits per heavy atom. The molecule has 0 fully saturated rings. The number of nitrogens with one attached hydrogen (secondary N) is 1. The minimum Gasteiger partial charge on any atom is -0.492 e. The van der Waals surface area contributed by atoms with Crippen LogP contribution in [-0.4, -0.2) is 35.8 Å². The van der Waals surface area contributed by atoms with Crippen LogP contribution in [0.3, 0.4) is 0 Å². The second kappa shape index (κ2) is 7.66. The molecule has 0 aliphatic carbocycles. The van der Waals surface area contributed by atoms with Gasteiger partial charge in [-0.1, -0.05) is 24.3 Å². The number of benzene rings is 2. The molecule has 0 atom stereocenters. The van der Waals surface area contributed by atoms with Gasteiger partial charge in [0.05, 0.1) is 22.5 Å². The molecule has 0 radical (unpaired) electrons. The summed E-state index contributed by atoms with van der Waals surface area (Å²) in [4.78, 5) is 38.6. The molecule has 6 nitrogen and oxygen atoms in total. The van der Waals surface area contributed by atoms with Crippen molar-refractivity contribution in [2.45, 2.75) is 0 Å². The molecule has 7 heteroatoms. The highest BCUT2D eigenvalue weighted by atomic mass is 32.1. The molecule has 140 valence electrons. The number of hydrogen-bond donors (Lipinski definition) is 1.